The third-order valence-corrected chi connectivity index (χ3v) is 9.55. The average molecular weight is 596 g/mol. The summed E-state index contributed by atoms with van der Waals surface area (Å²) in [7, 11) is 1.58. The van der Waals surface area contributed by atoms with Crippen molar-refractivity contribution >= 4 is 40.7 Å². The summed E-state index contributed by atoms with van der Waals surface area (Å²) in [6, 6.07) is 2.73. The van der Waals surface area contributed by atoms with Crippen LogP contribution in [0.1, 0.15) is 37.7 Å². The second kappa shape index (κ2) is 9.60. The number of nitrogens with one attached hydrogen (secondary N) is 2. The number of carbonyl (C=O) groups excluding carboxylic acids is 2. The fraction of sp³-hybridized carbons (Fsp3) is 0.556. The standard InChI is InChI=1S/C27H30ClF4N7O2/c1-34-23(40)17-3-6-38(22-20(29)21(33)35-13-36-22)12-26(17)11-19(26)39-5-2-4-25(24(39)41)10-18(25)37-16-8-14(27(30,31)32)7-15(28)9-16/h7-9,13,17-19,37H,2-6,10-12H2,1H3,(H,34,40)(H2,33,35,36)/t17-,18?,19?,25-,26?/m1/s1. The van der Waals surface area contributed by atoms with Crippen LogP contribution < -0.4 is 21.3 Å². The maximum Gasteiger partial charge on any atom is 0.416 e. The number of piperidine rings is 2. The van der Waals surface area contributed by atoms with Crippen LogP contribution in [0.3, 0.4) is 0 Å². The number of aromatic nitrogens is 2. The number of nitrogens with two attached hydrogens (primary N) is 1. The minimum absolute atomic E-state index is 0.0440. The maximum atomic E-state index is 14.8. The number of benzene rings is 1. The van der Waals surface area contributed by atoms with Crippen LogP contribution in [0.5, 0.6) is 0 Å². The Balaban J connectivity index is 1.22. The second-order valence-electron chi connectivity index (χ2n) is 11.6. The van der Waals surface area contributed by atoms with Crippen LogP contribution in [-0.4, -0.2) is 65.4 Å². The molecule has 2 spiro atoms. The first-order valence-corrected chi connectivity index (χ1v) is 14.0. The van der Waals surface area contributed by atoms with Crippen LogP contribution in [0.25, 0.3) is 0 Å². The van der Waals surface area contributed by atoms with Crippen molar-refractivity contribution in [1.82, 2.24) is 20.2 Å². The number of alkyl halides is 3. The minimum atomic E-state index is -4.55. The molecule has 2 saturated heterocycles. The number of likely N-dealkylation sites (tertiary alicyclic amines) is 1. The van der Waals surface area contributed by atoms with Crippen molar-refractivity contribution in [3.8, 4) is 0 Å². The van der Waals surface area contributed by atoms with Gasteiger partial charge in [0, 0.05) is 60.8 Å². The van der Waals surface area contributed by atoms with Gasteiger partial charge in [-0.25, -0.2) is 9.97 Å². The highest BCUT2D eigenvalue weighted by molar-refractivity contribution is 6.31. The summed E-state index contributed by atoms with van der Waals surface area (Å²) in [6.07, 6.45) is -0.484. The van der Waals surface area contributed by atoms with E-state index in [1.807, 2.05) is 4.90 Å². The zero-order valence-corrected chi connectivity index (χ0v) is 23.0. The zero-order chi connectivity index (χ0) is 29.3. The smallest absolute Gasteiger partial charge is 0.381 e. The molecule has 220 valence electrons. The van der Waals surface area contributed by atoms with E-state index in [0.29, 0.717) is 45.3 Å². The number of hydrogen-bond acceptors (Lipinski definition) is 7. The van der Waals surface area contributed by atoms with Gasteiger partial charge in [-0.3, -0.25) is 9.59 Å². The second-order valence-corrected chi connectivity index (χ2v) is 12.0. The molecule has 0 bridgehead atoms. The van der Waals surface area contributed by atoms with Gasteiger partial charge in [0.15, 0.2) is 11.6 Å². The van der Waals surface area contributed by atoms with Crippen molar-refractivity contribution < 1.29 is 27.2 Å². The predicted octanol–water partition coefficient (Wildman–Crippen LogP) is 3.69. The van der Waals surface area contributed by atoms with Gasteiger partial charge in [0.2, 0.25) is 17.6 Å². The Morgan fingerprint density at radius 1 is 1.20 bits per heavy atom. The van der Waals surface area contributed by atoms with Gasteiger partial charge < -0.3 is 26.2 Å². The number of carbonyl (C=O) groups is 2. The van der Waals surface area contributed by atoms with E-state index in [-0.39, 0.29) is 52.2 Å². The molecular weight excluding hydrogens is 566 g/mol. The van der Waals surface area contributed by atoms with E-state index in [1.165, 1.54) is 12.4 Å². The molecule has 2 saturated carbocycles. The number of hydrogen-bond donors (Lipinski definition) is 3. The molecule has 6 rings (SSSR count). The van der Waals surface area contributed by atoms with Crippen LogP contribution in [0.15, 0.2) is 24.5 Å². The average Bonchev–Trinajstić information content (AvgIpc) is 3.81. The summed E-state index contributed by atoms with van der Waals surface area (Å²) in [5.41, 5.74) is 3.71. The number of rotatable bonds is 5. The summed E-state index contributed by atoms with van der Waals surface area (Å²) >= 11 is 5.96. The van der Waals surface area contributed by atoms with Gasteiger partial charge in [-0.05, 0) is 50.3 Å². The fourth-order valence-corrected chi connectivity index (χ4v) is 7.36. The Morgan fingerprint density at radius 2 is 1.98 bits per heavy atom. The maximum absolute atomic E-state index is 14.8. The summed E-state index contributed by atoms with van der Waals surface area (Å²) in [4.78, 5) is 38.4. The number of halogens is 5. The fourth-order valence-electron chi connectivity index (χ4n) is 7.13. The summed E-state index contributed by atoms with van der Waals surface area (Å²) in [5, 5.41) is 5.81. The van der Waals surface area contributed by atoms with Crippen LogP contribution in [0, 0.1) is 22.6 Å². The van der Waals surface area contributed by atoms with Crippen molar-refractivity contribution in [2.24, 2.45) is 16.7 Å². The molecule has 2 aliphatic heterocycles. The highest BCUT2D eigenvalue weighted by Gasteiger charge is 2.70. The normalized spacial score (nSPS) is 31.0. The predicted molar refractivity (Wildman–Crippen MR) is 143 cm³/mol. The lowest BCUT2D eigenvalue weighted by Crippen LogP contribution is -2.53. The lowest BCUT2D eigenvalue weighted by Gasteiger charge is -2.42. The molecule has 0 radical (unpaired) electrons. The van der Waals surface area contributed by atoms with Gasteiger partial charge in [0.25, 0.3) is 0 Å². The molecule has 1 aromatic heterocycles. The summed E-state index contributed by atoms with van der Waals surface area (Å²) < 4.78 is 54.8. The van der Waals surface area contributed by atoms with E-state index in [4.69, 9.17) is 17.3 Å². The topological polar surface area (TPSA) is 116 Å². The molecule has 2 aliphatic carbocycles. The van der Waals surface area contributed by atoms with Crippen LogP contribution in [0.2, 0.25) is 5.02 Å². The van der Waals surface area contributed by atoms with Crippen LogP contribution in [0.4, 0.5) is 34.9 Å². The number of anilines is 3. The van der Waals surface area contributed by atoms with E-state index in [0.717, 1.165) is 18.6 Å². The Morgan fingerprint density at radius 3 is 2.71 bits per heavy atom. The summed E-state index contributed by atoms with van der Waals surface area (Å²) in [6.45, 7) is 1.23. The Hall–Kier alpha value is -3.35. The van der Waals surface area contributed by atoms with Gasteiger partial charge in [0.05, 0.1) is 11.0 Å². The van der Waals surface area contributed by atoms with Crippen molar-refractivity contribution in [3.05, 3.63) is 40.9 Å². The van der Waals surface area contributed by atoms with E-state index in [9.17, 15) is 27.2 Å². The SMILES string of the molecule is CNC(=O)[C@H]1CCN(c2ncnc(N)c2F)CC12CC2N1CCC[C@]2(CC2Nc2cc(Cl)cc(C(F)(F)F)c2)C1=O. The van der Waals surface area contributed by atoms with Crippen LogP contribution >= 0.6 is 11.6 Å². The highest BCUT2D eigenvalue weighted by Crippen LogP contribution is 2.62. The molecule has 4 N–H and O–H groups in total. The largest absolute Gasteiger partial charge is 0.416 e. The van der Waals surface area contributed by atoms with Crippen LogP contribution in [-0.2, 0) is 15.8 Å². The monoisotopic (exact) mass is 595 g/mol. The van der Waals surface area contributed by atoms with E-state index < -0.39 is 28.4 Å². The molecule has 4 aliphatic rings. The van der Waals surface area contributed by atoms with E-state index in [2.05, 4.69) is 20.6 Å². The third kappa shape index (κ3) is 4.61. The molecule has 4 fully saturated rings. The quantitative estimate of drug-likeness (QED) is 0.452. The van der Waals surface area contributed by atoms with E-state index >= 15 is 0 Å². The molecule has 9 nitrogen and oxygen atoms in total. The zero-order valence-electron chi connectivity index (χ0n) is 22.3. The first kappa shape index (κ1) is 27.8. The van der Waals surface area contributed by atoms with Crippen molar-refractivity contribution in [3.63, 3.8) is 0 Å². The molecule has 5 atom stereocenters. The van der Waals surface area contributed by atoms with Gasteiger partial charge >= 0.3 is 6.18 Å². The van der Waals surface area contributed by atoms with Gasteiger partial charge in [-0.2, -0.15) is 17.6 Å². The van der Waals surface area contributed by atoms with Gasteiger partial charge in [-0.15, -0.1) is 0 Å². The number of nitrogen functional groups attached to an aromatic ring is 1. The van der Waals surface area contributed by atoms with Crippen molar-refractivity contribution in [1.29, 1.82) is 0 Å². The highest BCUT2D eigenvalue weighted by atomic mass is 35.5. The third-order valence-electron chi connectivity index (χ3n) is 9.33. The molecule has 2 aromatic rings. The molecule has 1 aromatic carbocycles. The van der Waals surface area contributed by atoms with Crippen molar-refractivity contribution in [2.45, 2.75) is 50.4 Å². The molecular formula is C27H30ClF4N7O2. The molecule has 3 unspecified atom stereocenters. The minimum Gasteiger partial charge on any atom is -0.381 e. The Labute approximate surface area is 238 Å². The van der Waals surface area contributed by atoms with Crippen molar-refractivity contribution in [2.75, 3.05) is 42.6 Å². The lowest BCUT2D eigenvalue weighted by atomic mass is 9.80. The first-order chi connectivity index (χ1) is 19.4. The number of amides is 2. The summed E-state index contributed by atoms with van der Waals surface area (Å²) in [5.74, 6) is -1.46. The lowest BCUT2D eigenvalue weighted by molar-refractivity contribution is -0.142. The molecule has 3 heterocycles. The van der Waals surface area contributed by atoms with Gasteiger partial charge in [-0.1, -0.05) is 11.6 Å². The number of nitrogens with zero attached hydrogens (tertiary/aromatic N) is 4. The van der Waals surface area contributed by atoms with E-state index in [1.54, 1.807) is 11.9 Å². The first-order valence-electron chi connectivity index (χ1n) is 13.6. The molecule has 41 heavy (non-hydrogen) atoms. The van der Waals surface area contributed by atoms with Gasteiger partial charge in [0.1, 0.15) is 6.33 Å². The Bertz CT molecular complexity index is 1410. The molecule has 14 heteroatoms. The molecule has 2 amide bonds. The Kier molecular flexibility index (Phi) is 6.51.